The van der Waals surface area contributed by atoms with Crippen LogP contribution in [0.4, 0.5) is 0 Å². The van der Waals surface area contributed by atoms with Gasteiger partial charge in [0, 0.05) is 25.7 Å². The Labute approximate surface area is 117 Å². The molecule has 0 radical (unpaired) electrons. The fourth-order valence-corrected chi connectivity index (χ4v) is 2.63. The Morgan fingerprint density at radius 2 is 2.00 bits per heavy atom. The predicted octanol–water partition coefficient (Wildman–Crippen LogP) is 2.05. The molecule has 4 heteroatoms. The normalized spacial score (nSPS) is 25.8. The van der Waals surface area contributed by atoms with Gasteiger partial charge in [0.05, 0.1) is 6.54 Å². The molecule has 2 N–H and O–H groups in total. The molecular weight excluding hydrogens is 240 g/mol. The van der Waals surface area contributed by atoms with Crippen LogP contribution in [0.3, 0.4) is 0 Å². The molecule has 1 heterocycles. The standard InChI is InChI=1S/C15H30N2O2/c1-11(2)12-6-13(16-10-15(3,4)5)8-17(7-12)9-14(18)19/h11-13,16H,6-10H2,1-5H3,(H,18,19). The van der Waals surface area contributed by atoms with Crippen molar-refractivity contribution in [1.82, 2.24) is 10.2 Å². The van der Waals surface area contributed by atoms with Crippen molar-refractivity contribution in [2.45, 2.75) is 47.1 Å². The highest BCUT2D eigenvalue weighted by atomic mass is 16.4. The summed E-state index contributed by atoms with van der Waals surface area (Å²) in [5.74, 6) is 0.472. The molecular formula is C15H30N2O2. The van der Waals surface area contributed by atoms with E-state index in [1.54, 1.807) is 0 Å². The Morgan fingerprint density at radius 3 is 2.47 bits per heavy atom. The number of carboxylic acids is 1. The van der Waals surface area contributed by atoms with E-state index in [9.17, 15) is 4.79 Å². The summed E-state index contributed by atoms with van der Waals surface area (Å²) in [6.45, 7) is 14.0. The van der Waals surface area contributed by atoms with Gasteiger partial charge in [0.25, 0.3) is 0 Å². The molecule has 1 fully saturated rings. The van der Waals surface area contributed by atoms with E-state index >= 15 is 0 Å². The third-order valence-electron chi connectivity index (χ3n) is 3.78. The molecule has 0 aromatic carbocycles. The van der Waals surface area contributed by atoms with Crippen molar-refractivity contribution in [3.05, 3.63) is 0 Å². The van der Waals surface area contributed by atoms with Crippen LogP contribution in [0.5, 0.6) is 0 Å². The van der Waals surface area contributed by atoms with Crippen LogP contribution in [0, 0.1) is 17.3 Å². The molecule has 2 atom stereocenters. The lowest BCUT2D eigenvalue weighted by Gasteiger charge is -2.40. The highest BCUT2D eigenvalue weighted by molar-refractivity contribution is 5.69. The Balaban J connectivity index is 2.57. The number of aliphatic carboxylic acids is 1. The Kier molecular flexibility index (Phi) is 5.81. The minimum Gasteiger partial charge on any atom is -0.480 e. The Morgan fingerprint density at radius 1 is 1.37 bits per heavy atom. The molecule has 0 amide bonds. The molecule has 0 bridgehead atoms. The topological polar surface area (TPSA) is 52.6 Å². The molecule has 0 saturated carbocycles. The van der Waals surface area contributed by atoms with Crippen LogP contribution >= 0.6 is 0 Å². The Hall–Kier alpha value is -0.610. The van der Waals surface area contributed by atoms with Crippen molar-refractivity contribution in [1.29, 1.82) is 0 Å². The van der Waals surface area contributed by atoms with Gasteiger partial charge >= 0.3 is 5.97 Å². The molecule has 2 unspecified atom stereocenters. The number of rotatable bonds is 5. The van der Waals surface area contributed by atoms with Gasteiger partial charge < -0.3 is 10.4 Å². The van der Waals surface area contributed by atoms with Gasteiger partial charge in [-0.2, -0.15) is 0 Å². The maximum atomic E-state index is 10.9. The second-order valence-corrected chi connectivity index (χ2v) is 7.47. The van der Waals surface area contributed by atoms with E-state index in [2.05, 4.69) is 44.8 Å². The molecule has 4 nitrogen and oxygen atoms in total. The van der Waals surface area contributed by atoms with Gasteiger partial charge in [0.15, 0.2) is 0 Å². The van der Waals surface area contributed by atoms with Gasteiger partial charge in [-0.15, -0.1) is 0 Å². The van der Waals surface area contributed by atoms with Crippen LogP contribution in [0.1, 0.15) is 41.0 Å². The van der Waals surface area contributed by atoms with Gasteiger partial charge in [-0.05, 0) is 23.7 Å². The smallest absolute Gasteiger partial charge is 0.317 e. The van der Waals surface area contributed by atoms with Crippen LogP contribution in [0.2, 0.25) is 0 Å². The number of piperidine rings is 1. The van der Waals surface area contributed by atoms with E-state index in [0.29, 0.717) is 17.9 Å². The van der Waals surface area contributed by atoms with Crippen molar-refractivity contribution in [2.75, 3.05) is 26.2 Å². The fraction of sp³-hybridized carbons (Fsp3) is 0.933. The van der Waals surface area contributed by atoms with Crippen molar-refractivity contribution in [2.24, 2.45) is 17.3 Å². The molecule has 0 aromatic rings. The zero-order valence-corrected chi connectivity index (χ0v) is 13.1. The SMILES string of the molecule is CC(C)C1CC(NCC(C)(C)C)CN(CC(=O)O)C1. The fourth-order valence-electron chi connectivity index (χ4n) is 2.63. The molecule has 0 spiro atoms. The lowest BCUT2D eigenvalue weighted by molar-refractivity contribution is -0.139. The largest absolute Gasteiger partial charge is 0.480 e. The summed E-state index contributed by atoms with van der Waals surface area (Å²) in [6.07, 6.45) is 1.16. The molecule has 1 aliphatic rings. The minimum atomic E-state index is -0.723. The molecule has 1 saturated heterocycles. The zero-order chi connectivity index (χ0) is 14.6. The van der Waals surface area contributed by atoms with E-state index in [-0.39, 0.29) is 12.0 Å². The van der Waals surface area contributed by atoms with Crippen LogP contribution in [0.15, 0.2) is 0 Å². The van der Waals surface area contributed by atoms with Gasteiger partial charge in [-0.3, -0.25) is 9.69 Å². The summed E-state index contributed by atoms with van der Waals surface area (Å²) < 4.78 is 0. The van der Waals surface area contributed by atoms with E-state index in [1.807, 2.05) is 0 Å². The van der Waals surface area contributed by atoms with E-state index in [0.717, 1.165) is 26.1 Å². The molecule has 0 aromatic heterocycles. The highest BCUT2D eigenvalue weighted by Gasteiger charge is 2.30. The van der Waals surface area contributed by atoms with Crippen molar-refractivity contribution < 1.29 is 9.90 Å². The third kappa shape index (κ3) is 6.39. The number of carboxylic acid groups (broad SMARTS) is 1. The summed E-state index contributed by atoms with van der Waals surface area (Å²) in [5.41, 5.74) is 0.266. The maximum absolute atomic E-state index is 10.9. The van der Waals surface area contributed by atoms with Crippen LogP contribution in [-0.4, -0.2) is 48.2 Å². The molecule has 112 valence electrons. The first kappa shape index (κ1) is 16.4. The Bertz CT molecular complexity index is 297. The van der Waals surface area contributed by atoms with Gasteiger partial charge in [-0.1, -0.05) is 34.6 Å². The number of hydrogen-bond donors (Lipinski definition) is 2. The molecule has 19 heavy (non-hydrogen) atoms. The first-order chi connectivity index (χ1) is 8.67. The van der Waals surface area contributed by atoms with Crippen LogP contribution in [-0.2, 0) is 4.79 Å². The zero-order valence-electron chi connectivity index (χ0n) is 13.1. The first-order valence-electron chi connectivity index (χ1n) is 7.35. The number of nitrogens with one attached hydrogen (secondary N) is 1. The summed E-state index contributed by atoms with van der Waals surface area (Å²) in [5, 5.41) is 12.6. The second kappa shape index (κ2) is 6.71. The van der Waals surface area contributed by atoms with Crippen molar-refractivity contribution in [3.63, 3.8) is 0 Å². The second-order valence-electron chi connectivity index (χ2n) is 7.47. The number of hydrogen-bond acceptors (Lipinski definition) is 3. The average molecular weight is 270 g/mol. The summed E-state index contributed by atoms with van der Waals surface area (Å²) in [6, 6.07) is 0.416. The maximum Gasteiger partial charge on any atom is 0.317 e. The predicted molar refractivity (Wildman–Crippen MR) is 78.3 cm³/mol. The third-order valence-corrected chi connectivity index (χ3v) is 3.78. The quantitative estimate of drug-likeness (QED) is 0.803. The molecule has 1 rings (SSSR count). The van der Waals surface area contributed by atoms with E-state index in [4.69, 9.17) is 5.11 Å². The number of carbonyl (C=O) groups is 1. The number of likely N-dealkylation sites (tertiary alicyclic amines) is 1. The van der Waals surface area contributed by atoms with E-state index < -0.39 is 5.97 Å². The molecule has 1 aliphatic heterocycles. The summed E-state index contributed by atoms with van der Waals surface area (Å²) in [4.78, 5) is 13.0. The average Bonchev–Trinajstić information content (AvgIpc) is 2.24. The monoisotopic (exact) mass is 270 g/mol. The van der Waals surface area contributed by atoms with Gasteiger partial charge in [0.1, 0.15) is 0 Å². The van der Waals surface area contributed by atoms with Gasteiger partial charge in [-0.25, -0.2) is 0 Å². The van der Waals surface area contributed by atoms with Gasteiger partial charge in [0.2, 0.25) is 0 Å². The lowest BCUT2D eigenvalue weighted by atomic mass is 9.85. The van der Waals surface area contributed by atoms with Crippen molar-refractivity contribution in [3.8, 4) is 0 Å². The molecule has 0 aliphatic carbocycles. The summed E-state index contributed by atoms with van der Waals surface area (Å²) in [7, 11) is 0. The lowest BCUT2D eigenvalue weighted by Crippen LogP contribution is -2.52. The first-order valence-corrected chi connectivity index (χ1v) is 7.35. The minimum absolute atomic E-state index is 0.164. The van der Waals surface area contributed by atoms with Crippen molar-refractivity contribution >= 4 is 5.97 Å². The van der Waals surface area contributed by atoms with Crippen LogP contribution in [0.25, 0.3) is 0 Å². The summed E-state index contributed by atoms with van der Waals surface area (Å²) >= 11 is 0. The highest BCUT2D eigenvalue weighted by Crippen LogP contribution is 2.24. The number of nitrogens with zero attached hydrogens (tertiary/aromatic N) is 1. The van der Waals surface area contributed by atoms with E-state index in [1.165, 1.54) is 0 Å². The van der Waals surface area contributed by atoms with Crippen LogP contribution < -0.4 is 5.32 Å².